The second-order valence-electron chi connectivity index (χ2n) is 5.89. The topological polar surface area (TPSA) is 98.5 Å². The van der Waals surface area contributed by atoms with Crippen LogP contribution in [0.1, 0.15) is 43.8 Å². The van der Waals surface area contributed by atoms with Crippen LogP contribution in [0.2, 0.25) is 0 Å². The number of nitrogens with two attached hydrogens (primary N) is 1. The lowest BCUT2D eigenvalue weighted by Gasteiger charge is -2.13. The molecule has 3 N–H and O–H groups in total. The van der Waals surface area contributed by atoms with Crippen molar-refractivity contribution >= 4 is 34.8 Å². The van der Waals surface area contributed by atoms with Crippen molar-refractivity contribution in [2.45, 2.75) is 32.3 Å². The number of carbonyl (C=O) groups excluding carboxylic acids is 3. The van der Waals surface area contributed by atoms with Gasteiger partial charge in [-0.15, -0.1) is 11.3 Å². The lowest BCUT2D eigenvalue weighted by atomic mass is 10.2. The fraction of sp³-hybridized carbons (Fsp3) is 0.278. The number of thiophene rings is 1. The standard InChI is InChI=1S/C18H18N2O4S/c1-10(17(22)20-13-7-5-11(6-8-13)16(19)21)24-18(23)15-9-12-3-2-4-14(12)25-15/h5-10H,2-4H2,1H3,(H2,19,21)(H,20,22)/t10-/m1/s1. The number of hydrogen-bond donors (Lipinski definition) is 2. The first-order valence-corrected chi connectivity index (χ1v) is 8.79. The average Bonchev–Trinajstić information content (AvgIpc) is 3.16. The van der Waals surface area contributed by atoms with E-state index in [1.54, 1.807) is 12.1 Å². The van der Waals surface area contributed by atoms with Gasteiger partial charge in [0.15, 0.2) is 6.10 Å². The van der Waals surface area contributed by atoms with Gasteiger partial charge in [-0.25, -0.2) is 4.79 Å². The number of rotatable bonds is 5. The minimum Gasteiger partial charge on any atom is -0.448 e. The summed E-state index contributed by atoms with van der Waals surface area (Å²) in [6.07, 6.45) is 2.20. The number of benzene rings is 1. The molecule has 0 saturated carbocycles. The van der Waals surface area contributed by atoms with Gasteiger partial charge in [-0.1, -0.05) is 0 Å². The van der Waals surface area contributed by atoms with E-state index in [1.807, 2.05) is 6.07 Å². The van der Waals surface area contributed by atoms with Crippen LogP contribution in [0.4, 0.5) is 5.69 Å². The number of esters is 1. The molecular weight excluding hydrogens is 340 g/mol. The van der Waals surface area contributed by atoms with E-state index in [1.165, 1.54) is 40.8 Å². The molecule has 25 heavy (non-hydrogen) atoms. The molecule has 1 heterocycles. The van der Waals surface area contributed by atoms with Crippen LogP contribution in [-0.4, -0.2) is 23.9 Å². The van der Waals surface area contributed by atoms with Gasteiger partial charge in [0.05, 0.1) is 0 Å². The molecule has 1 aromatic heterocycles. The summed E-state index contributed by atoms with van der Waals surface area (Å²) in [6, 6.07) is 8.03. The number of carbonyl (C=O) groups is 3. The number of amides is 2. The molecule has 0 aliphatic heterocycles. The first kappa shape index (κ1) is 17.2. The second-order valence-corrected chi connectivity index (χ2v) is 7.03. The smallest absolute Gasteiger partial charge is 0.349 e. The Kier molecular flexibility index (Phi) is 4.85. The SMILES string of the molecule is C[C@@H](OC(=O)c1cc2c(s1)CCC2)C(=O)Nc1ccc(C(N)=O)cc1. The van der Waals surface area contributed by atoms with Crippen molar-refractivity contribution in [1.29, 1.82) is 0 Å². The van der Waals surface area contributed by atoms with E-state index in [-0.39, 0.29) is 0 Å². The van der Waals surface area contributed by atoms with Crippen molar-refractivity contribution in [3.05, 3.63) is 51.2 Å². The number of hydrogen-bond acceptors (Lipinski definition) is 5. The van der Waals surface area contributed by atoms with Crippen LogP contribution in [0.25, 0.3) is 0 Å². The molecule has 6 nitrogen and oxygen atoms in total. The van der Waals surface area contributed by atoms with Crippen molar-refractivity contribution < 1.29 is 19.1 Å². The van der Waals surface area contributed by atoms with E-state index in [9.17, 15) is 14.4 Å². The zero-order chi connectivity index (χ0) is 18.0. The summed E-state index contributed by atoms with van der Waals surface area (Å²) in [4.78, 5) is 37.2. The molecule has 0 radical (unpaired) electrons. The molecule has 0 saturated heterocycles. The highest BCUT2D eigenvalue weighted by atomic mass is 32.1. The highest BCUT2D eigenvalue weighted by Gasteiger charge is 2.23. The minimum absolute atomic E-state index is 0.350. The summed E-state index contributed by atoms with van der Waals surface area (Å²) >= 11 is 1.44. The van der Waals surface area contributed by atoms with Crippen molar-refractivity contribution in [2.75, 3.05) is 5.32 Å². The van der Waals surface area contributed by atoms with Gasteiger partial charge in [-0.05, 0) is 62.1 Å². The summed E-state index contributed by atoms with van der Waals surface area (Å²) in [7, 11) is 0. The van der Waals surface area contributed by atoms with Crippen LogP contribution in [-0.2, 0) is 22.4 Å². The third-order valence-electron chi connectivity index (χ3n) is 4.04. The second kappa shape index (κ2) is 7.06. The molecule has 1 atom stereocenters. The fourth-order valence-corrected chi connectivity index (χ4v) is 3.80. The maximum atomic E-state index is 12.2. The number of primary amides is 1. The summed E-state index contributed by atoms with van der Waals surface area (Å²) in [5.74, 6) is -1.46. The molecule has 3 rings (SSSR count). The van der Waals surface area contributed by atoms with E-state index in [4.69, 9.17) is 10.5 Å². The Hall–Kier alpha value is -2.67. The summed E-state index contributed by atoms with van der Waals surface area (Å²) in [5.41, 5.74) is 7.22. The first-order chi connectivity index (χ1) is 11.9. The van der Waals surface area contributed by atoms with Gasteiger partial charge < -0.3 is 15.8 Å². The zero-order valence-electron chi connectivity index (χ0n) is 13.7. The lowest BCUT2D eigenvalue weighted by Crippen LogP contribution is -2.29. The maximum absolute atomic E-state index is 12.2. The van der Waals surface area contributed by atoms with Crippen LogP contribution in [0.3, 0.4) is 0 Å². The molecule has 2 aromatic rings. The van der Waals surface area contributed by atoms with Gasteiger partial charge >= 0.3 is 5.97 Å². The molecule has 0 fully saturated rings. The van der Waals surface area contributed by atoms with E-state index >= 15 is 0 Å². The predicted octanol–water partition coefficient (Wildman–Crippen LogP) is 2.52. The van der Waals surface area contributed by atoms with Gasteiger partial charge in [0.25, 0.3) is 5.91 Å². The summed E-state index contributed by atoms with van der Waals surface area (Å²) in [6.45, 7) is 1.52. The van der Waals surface area contributed by atoms with E-state index in [2.05, 4.69) is 5.32 Å². The molecule has 0 spiro atoms. The Bertz CT molecular complexity index is 805. The average molecular weight is 358 g/mol. The predicted molar refractivity (Wildman–Crippen MR) is 94.8 cm³/mol. The Morgan fingerprint density at radius 1 is 1.20 bits per heavy atom. The van der Waals surface area contributed by atoms with Crippen LogP contribution in [0.15, 0.2) is 30.3 Å². The molecule has 0 bridgehead atoms. The number of anilines is 1. The lowest BCUT2D eigenvalue weighted by molar-refractivity contribution is -0.123. The van der Waals surface area contributed by atoms with Gasteiger partial charge in [-0.3, -0.25) is 9.59 Å². The minimum atomic E-state index is -0.930. The molecule has 2 amide bonds. The molecule has 7 heteroatoms. The quantitative estimate of drug-likeness (QED) is 0.802. The third kappa shape index (κ3) is 3.88. The molecule has 0 unspecified atom stereocenters. The monoisotopic (exact) mass is 358 g/mol. The largest absolute Gasteiger partial charge is 0.448 e. The van der Waals surface area contributed by atoms with Crippen molar-refractivity contribution in [1.82, 2.24) is 0 Å². The molecular formula is C18H18N2O4S. The highest BCUT2D eigenvalue weighted by molar-refractivity contribution is 7.14. The third-order valence-corrected chi connectivity index (χ3v) is 5.25. The Morgan fingerprint density at radius 3 is 2.56 bits per heavy atom. The Morgan fingerprint density at radius 2 is 1.92 bits per heavy atom. The number of nitrogens with one attached hydrogen (secondary N) is 1. The molecule has 130 valence electrons. The van der Waals surface area contributed by atoms with E-state index < -0.39 is 23.9 Å². The van der Waals surface area contributed by atoms with Crippen LogP contribution < -0.4 is 11.1 Å². The van der Waals surface area contributed by atoms with Gasteiger partial charge in [0.1, 0.15) is 4.88 Å². The number of ether oxygens (including phenoxy) is 1. The van der Waals surface area contributed by atoms with Crippen LogP contribution in [0, 0.1) is 0 Å². The highest BCUT2D eigenvalue weighted by Crippen LogP contribution is 2.31. The zero-order valence-corrected chi connectivity index (χ0v) is 14.5. The van der Waals surface area contributed by atoms with Crippen LogP contribution in [0.5, 0.6) is 0 Å². The van der Waals surface area contributed by atoms with Crippen molar-refractivity contribution in [2.24, 2.45) is 5.73 Å². The summed E-state index contributed by atoms with van der Waals surface area (Å²) in [5, 5.41) is 2.64. The normalized spacial score (nSPS) is 13.8. The number of aryl methyl sites for hydroxylation is 2. The van der Waals surface area contributed by atoms with Gasteiger partial charge in [-0.2, -0.15) is 0 Å². The van der Waals surface area contributed by atoms with Crippen molar-refractivity contribution in [3.63, 3.8) is 0 Å². The molecule has 1 aromatic carbocycles. The Labute approximate surface area is 149 Å². The van der Waals surface area contributed by atoms with Crippen LogP contribution >= 0.6 is 11.3 Å². The van der Waals surface area contributed by atoms with Crippen molar-refractivity contribution in [3.8, 4) is 0 Å². The fourth-order valence-electron chi connectivity index (χ4n) is 2.66. The summed E-state index contributed by atoms with van der Waals surface area (Å²) < 4.78 is 5.25. The molecule has 1 aliphatic rings. The first-order valence-electron chi connectivity index (χ1n) is 7.97. The maximum Gasteiger partial charge on any atom is 0.349 e. The molecule has 1 aliphatic carbocycles. The van der Waals surface area contributed by atoms with E-state index in [0.29, 0.717) is 16.1 Å². The Balaban J connectivity index is 1.58. The van der Waals surface area contributed by atoms with Gasteiger partial charge in [0.2, 0.25) is 5.91 Å². The van der Waals surface area contributed by atoms with E-state index in [0.717, 1.165) is 19.3 Å². The van der Waals surface area contributed by atoms with Gasteiger partial charge in [0, 0.05) is 16.1 Å². The number of fused-ring (bicyclic) bond motifs is 1.